The van der Waals surface area contributed by atoms with E-state index < -0.39 is 0 Å². The Balaban J connectivity index is 2.02. The largest absolute Gasteiger partial charge is 0.508 e. The van der Waals surface area contributed by atoms with Gasteiger partial charge in [-0.25, -0.2) is 0 Å². The number of aromatic hydroxyl groups is 1. The molecule has 110 valence electrons. The fraction of sp³-hybridized carbons (Fsp3) is 0.562. The topological polar surface area (TPSA) is 66.6 Å². The molecule has 2 rings (SSSR count). The number of amides is 1. The number of hydrogen-bond donors (Lipinski definition) is 2. The summed E-state index contributed by atoms with van der Waals surface area (Å²) in [5.41, 5.74) is 6.97. The van der Waals surface area contributed by atoms with Gasteiger partial charge in [0.05, 0.1) is 0 Å². The Hall–Kier alpha value is -1.55. The van der Waals surface area contributed by atoms with Gasteiger partial charge in [0.15, 0.2) is 0 Å². The van der Waals surface area contributed by atoms with E-state index >= 15 is 0 Å². The van der Waals surface area contributed by atoms with Crippen LogP contribution >= 0.6 is 0 Å². The highest BCUT2D eigenvalue weighted by molar-refractivity contribution is 5.77. The highest BCUT2D eigenvalue weighted by Gasteiger charge is 2.33. The molecule has 1 aliphatic rings. The SMILES string of the molecule is CC(C)C(N)CC(=O)N(Cc1cccc(O)c1)C1CC1. The molecule has 0 aromatic heterocycles. The van der Waals surface area contributed by atoms with Crippen LogP contribution in [0.4, 0.5) is 0 Å². The van der Waals surface area contributed by atoms with Gasteiger partial charge in [0.1, 0.15) is 5.75 Å². The summed E-state index contributed by atoms with van der Waals surface area (Å²) in [5, 5.41) is 9.51. The van der Waals surface area contributed by atoms with Crippen molar-refractivity contribution in [3.8, 4) is 5.75 Å². The lowest BCUT2D eigenvalue weighted by Crippen LogP contribution is -2.38. The summed E-state index contributed by atoms with van der Waals surface area (Å²) in [7, 11) is 0. The maximum atomic E-state index is 12.4. The van der Waals surface area contributed by atoms with Gasteiger partial charge in [0.2, 0.25) is 5.91 Å². The maximum absolute atomic E-state index is 12.4. The standard InChI is InChI=1S/C16H24N2O2/c1-11(2)15(17)9-16(20)18(13-6-7-13)10-12-4-3-5-14(19)8-12/h3-5,8,11,13,15,19H,6-7,9-10,17H2,1-2H3. The van der Waals surface area contributed by atoms with E-state index in [4.69, 9.17) is 5.73 Å². The van der Waals surface area contributed by atoms with Gasteiger partial charge in [0, 0.05) is 25.0 Å². The molecule has 0 aliphatic heterocycles. The van der Waals surface area contributed by atoms with Gasteiger partial charge < -0.3 is 15.7 Å². The van der Waals surface area contributed by atoms with Crippen LogP contribution < -0.4 is 5.73 Å². The number of nitrogens with zero attached hydrogens (tertiary/aromatic N) is 1. The first kappa shape index (κ1) is 14.9. The molecule has 0 spiro atoms. The third kappa shape index (κ3) is 3.97. The van der Waals surface area contributed by atoms with Gasteiger partial charge >= 0.3 is 0 Å². The van der Waals surface area contributed by atoms with Gasteiger partial charge in [-0.1, -0.05) is 26.0 Å². The van der Waals surface area contributed by atoms with Crippen LogP contribution in [-0.4, -0.2) is 28.0 Å². The van der Waals surface area contributed by atoms with E-state index in [9.17, 15) is 9.90 Å². The normalized spacial score (nSPS) is 16.2. The van der Waals surface area contributed by atoms with Crippen LogP contribution in [0.1, 0.15) is 38.7 Å². The molecule has 1 unspecified atom stereocenters. The number of benzene rings is 1. The number of nitrogens with two attached hydrogens (primary N) is 1. The Labute approximate surface area is 120 Å². The molecule has 0 saturated heterocycles. The second-order valence-corrected chi connectivity index (χ2v) is 6.03. The summed E-state index contributed by atoms with van der Waals surface area (Å²) >= 11 is 0. The van der Waals surface area contributed by atoms with Crippen LogP contribution in [0.5, 0.6) is 5.75 Å². The molecule has 1 fully saturated rings. The van der Waals surface area contributed by atoms with Crippen LogP contribution in [0, 0.1) is 5.92 Å². The van der Waals surface area contributed by atoms with E-state index in [0.717, 1.165) is 18.4 Å². The highest BCUT2D eigenvalue weighted by Crippen LogP contribution is 2.29. The zero-order valence-electron chi connectivity index (χ0n) is 12.2. The van der Waals surface area contributed by atoms with Crippen molar-refractivity contribution >= 4 is 5.91 Å². The van der Waals surface area contributed by atoms with Crippen molar-refractivity contribution < 1.29 is 9.90 Å². The molecule has 0 bridgehead atoms. The van der Waals surface area contributed by atoms with E-state index in [2.05, 4.69) is 0 Å². The summed E-state index contributed by atoms with van der Waals surface area (Å²) in [6.07, 6.45) is 2.54. The molecule has 0 heterocycles. The third-order valence-electron chi connectivity index (χ3n) is 3.84. The monoisotopic (exact) mass is 276 g/mol. The predicted octanol–water partition coefficient (Wildman–Crippen LogP) is 2.26. The van der Waals surface area contributed by atoms with Crippen LogP contribution in [0.2, 0.25) is 0 Å². The number of rotatable bonds is 6. The summed E-state index contributed by atoms with van der Waals surface area (Å²) in [4.78, 5) is 14.3. The number of carbonyl (C=O) groups is 1. The van der Waals surface area contributed by atoms with Crippen molar-refractivity contribution in [1.82, 2.24) is 4.90 Å². The summed E-state index contributed by atoms with van der Waals surface area (Å²) in [6.45, 7) is 4.63. The van der Waals surface area contributed by atoms with Crippen LogP contribution in [-0.2, 0) is 11.3 Å². The number of phenolic OH excluding ortho intramolecular Hbond substituents is 1. The number of carbonyl (C=O) groups excluding carboxylic acids is 1. The van der Waals surface area contributed by atoms with Crippen molar-refractivity contribution in [3.05, 3.63) is 29.8 Å². The number of hydrogen-bond acceptors (Lipinski definition) is 3. The molecule has 4 nitrogen and oxygen atoms in total. The summed E-state index contributed by atoms with van der Waals surface area (Å²) in [6, 6.07) is 7.36. The van der Waals surface area contributed by atoms with Gasteiger partial charge in [0.25, 0.3) is 0 Å². The lowest BCUT2D eigenvalue weighted by Gasteiger charge is -2.25. The maximum Gasteiger partial charge on any atom is 0.224 e. The Kier molecular flexibility index (Phi) is 4.65. The molecule has 1 amide bonds. The number of phenols is 1. The van der Waals surface area contributed by atoms with Gasteiger partial charge in [-0.3, -0.25) is 4.79 Å². The molecule has 1 aromatic rings. The minimum atomic E-state index is -0.0899. The van der Waals surface area contributed by atoms with E-state index in [1.807, 2.05) is 24.8 Å². The molecule has 4 heteroatoms. The van der Waals surface area contributed by atoms with E-state index in [1.165, 1.54) is 0 Å². The smallest absolute Gasteiger partial charge is 0.224 e. The van der Waals surface area contributed by atoms with Crippen LogP contribution in [0.3, 0.4) is 0 Å². The zero-order chi connectivity index (χ0) is 14.7. The van der Waals surface area contributed by atoms with Gasteiger partial charge in [-0.15, -0.1) is 0 Å². The first-order valence-corrected chi connectivity index (χ1v) is 7.30. The Morgan fingerprint density at radius 2 is 2.15 bits per heavy atom. The summed E-state index contributed by atoms with van der Waals surface area (Å²) < 4.78 is 0. The Morgan fingerprint density at radius 1 is 1.45 bits per heavy atom. The minimum absolute atomic E-state index is 0.0899. The van der Waals surface area contributed by atoms with E-state index in [0.29, 0.717) is 24.9 Å². The molecular weight excluding hydrogens is 252 g/mol. The quantitative estimate of drug-likeness (QED) is 0.837. The molecule has 0 radical (unpaired) electrons. The second-order valence-electron chi connectivity index (χ2n) is 6.03. The molecule has 20 heavy (non-hydrogen) atoms. The Morgan fingerprint density at radius 3 is 2.70 bits per heavy atom. The lowest BCUT2D eigenvalue weighted by atomic mass is 10.0. The van der Waals surface area contributed by atoms with E-state index in [1.54, 1.807) is 18.2 Å². The van der Waals surface area contributed by atoms with Crippen LogP contribution in [0.15, 0.2) is 24.3 Å². The van der Waals surface area contributed by atoms with Gasteiger partial charge in [-0.05, 0) is 36.5 Å². The fourth-order valence-corrected chi connectivity index (χ4v) is 2.21. The van der Waals surface area contributed by atoms with Crippen LogP contribution in [0.25, 0.3) is 0 Å². The molecule has 1 saturated carbocycles. The Bertz CT molecular complexity index is 469. The van der Waals surface area contributed by atoms with E-state index in [-0.39, 0.29) is 17.7 Å². The molecular formula is C16H24N2O2. The average Bonchev–Trinajstić information content (AvgIpc) is 3.20. The van der Waals surface area contributed by atoms with Crippen molar-refractivity contribution in [2.45, 2.75) is 51.7 Å². The van der Waals surface area contributed by atoms with Crippen molar-refractivity contribution in [2.24, 2.45) is 11.7 Å². The highest BCUT2D eigenvalue weighted by atomic mass is 16.3. The van der Waals surface area contributed by atoms with Crippen molar-refractivity contribution in [2.75, 3.05) is 0 Å². The molecule has 3 N–H and O–H groups in total. The fourth-order valence-electron chi connectivity index (χ4n) is 2.21. The third-order valence-corrected chi connectivity index (χ3v) is 3.84. The molecule has 1 aromatic carbocycles. The van der Waals surface area contributed by atoms with Crippen molar-refractivity contribution in [1.29, 1.82) is 0 Å². The first-order chi connectivity index (χ1) is 9.47. The van der Waals surface area contributed by atoms with Crippen molar-refractivity contribution in [3.63, 3.8) is 0 Å². The lowest BCUT2D eigenvalue weighted by molar-refractivity contribution is -0.133. The predicted molar refractivity (Wildman–Crippen MR) is 79.1 cm³/mol. The second kappa shape index (κ2) is 6.27. The molecule has 1 atom stereocenters. The zero-order valence-corrected chi connectivity index (χ0v) is 12.2. The molecule has 1 aliphatic carbocycles. The average molecular weight is 276 g/mol. The first-order valence-electron chi connectivity index (χ1n) is 7.30. The summed E-state index contributed by atoms with van der Waals surface area (Å²) in [5.74, 6) is 0.669. The minimum Gasteiger partial charge on any atom is -0.508 e. The van der Waals surface area contributed by atoms with Gasteiger partial charge in [-0.2, -0.15) is 0 Å².